The topological polar surface area (TPSA) is 89.0 Å². The van der Waals surface area contributed by atoms with E-state index >= 15 is 0 Å². The molecule has 2 amide bonds. The van der Waals surface area contributed by atoms with Crippen molar-refractivity contribution in [3.8, 4) is 11.5 Å². The Morgan fingerprint density at radius 2 is 1.70 bits per heavy atom. The Kier molecular flexibility index (Phi) is 7.63. The zero-order valence-corrected chi connectivity index (χ0v) is 15.7. The zero-order valence-electron chi connectivity index (χ0n) is 15.0. The van der Waals surface area contributed by atoms with E-state index in [0.29, 0.717) is 27.9 Å². The molecule has 27 heavy (non-hydrogen) atoms. The molecular formula is C19H20ClN3O4. The first-order valence-corrected chi connectivity index (χ1v) is 8.49. The van der Waals surface area contributed by atoms with Gasteiger partial charge >= 0.3 is 0 Å². The highest BCUT2D eigenvalue weighted by Crippen LogP contribution is 2.25. The number of hydrogen-bond donors (Lipinski definition) is 2. The van der Waals surface area contributed by atoms with Crippen LogP contribution in [0.5, 0.6) is 11.5 Å². The first-order valence-electron chi connectivity index (χ1n) is 8.11. The number of methoxy groups -OCH3 is 1. The van der Waals surface area contributed by atoms with Crippen molar-refractivity contribution < 1.29 is 19.1 Å². The number of benzene rings is 2. The van der Waals surface area contributed by atoms with Crippen LogP contribution in [0.2, 0.25) is 5.02 Å². The highest BCUT2D eigenvalue weighted by Gasteiger charge is 2.09. The van der Waals surface area contributed by atoms with Gasteiger partial charge in [0.05, 0.1) is 24.2 Å². The van der Waals surface area contributed by atoms with Crippen molar-refractivity contribution in [1.29, 1.82) is 0 Å². The third-order valence-corrected chi connectivity index (χ3v) is 3.69. The van der Waals surface area contributed by atoms with E-state index in [4.69, 9.17) is 21.1 Å². The maximum absolute atomic E-state index is 12.0. The molecule has 0 aliphatic carbocycles. The van der Waals surface area contributed by atoms with Crippen molar-refractivity contribution >= 4 is 34.8 Å². The number of anilines is 1. The fourth-order valence-corrected chi connectivity index (χ4v) is 2.28. The molecule has 0 atom stereocenters. The van der Waals surface area contributed by atoms with Crippen molar-refractivity contribution in [3.63, 3.8) is 0 Å². The molecule has 0 saturated heterocycles. The Morgan fingerprint density at radius 3 is 2.41 bits per heavy atom. The van der Waals surface area contributed by atoms with Crippen LogP contribution in [0.4, 0.5) is 5.69 Å². The summed E-state index contributed by atoms with van der Waals surface area (Å²) in [6, 6.07) is 13.9. The van der Waals surface area contributed by atoms with Gasteiger partial charge < -0.3 is 14.8 Å². The van der Waals surface area contributed by atoms with Gasteiger partial charge in [-0.25, -0.2) is 5.43 Å². The van der Waals surface area contributed by atoms with Crippen LogP contribution in [0.3, 0.4) is 0 Å². The minimum Gasteiger partial charge on any atom is -0.493 e. The van der Waals surface area contributed by atoms with Gasteiger partial charge in [-0.15, -0.1) is 0 Å². The molecule has 0 aliphatic rings. The number of halogens is 1. The second-order valence-electron chi connectivity index (χ2n) is 5.53. The van der Waals surface area contributed by atoms with Crippen LogP contribution in [-0.4, -0.2) is 31.2 Å². The van der Waals surface area contributed by atoms with Crippen LogP contribution < -0.4 is 20.2 Å². The molecule has 0 aromatic heterocycles. The molecule has 0 bridgehead atoms. The quantitative estimate of drug-likeness (QED) is 0.535. The predicted molar refractivity (Wildman–Crippen MR) is 104 cm³/mol. The summed E-state index contributed by atoms with van der Waals surface area (Å²) in [4.78, 5) is 23.8. The summed E-state index contributed by atoms with van der Waals surface area (Å²) in [6.45, 7) is 1.40. The Bertz CT molecular complexity index is 839. The summed E-state index contributed by atoms with van der Waals surface area (Å²) < 4.78 is 10.5. The number of nitrogens with one attached hydrogen (secondary N) is 2. The Hall–Kier alpha value is -3.06. The van der Waals surface area contributed by atoms with E-state index in [9.17, 15) is 9.59 Å². The van der Waals surface area contributed by atoms with Crippen LogP contribution in [0, 0.1) is 0 Å². The maximum Gasteiger partial charge on any atom is 0.277 e. The average Bonchev–Trinajstić information content (AvgIpc) is 2.66. The summed E-state index contributed by atoms with van der Waals surface area (Å²) in [7, 11) is 1.52. The zero-order chi connectivity index (χ0) is 19.6. The SMILES string of the molecule is COc1ccccc1OCC(=O)N/N=C(\C)CC(=O)Nc1ccccc1Cl. The molecule has 0 heterocycles. The second kappa shape index (κ2) is 10.2. The summed E-state index contributed by atoms with van der Waals surface area (Å²) in [5.41, 5.74) is 3.30. The molecule has 2 aromatic rings. The minimum absolute atomic E-state index is 0.0128. The third kappa shape index (κ3) is 6.63. The largest absolute Gasteiger partial charge is 0.493 e. The van der Waals surface area contributed by atoms with Crippen molar-refractivity contribution in [2.45, 2.75) is 13.3 Å². The summed E-state index contributed by atoms with van der Waals surface area (Å²) in [5.74, 6) is 0.242. The number of nitrogens with zero attached hydrogens (tertiary/aromatic N) is 1. The van der Waals surface area contributed by atoms with Gasteiger partial charge in [0.2, 0.25) is 5.91 Å². The molecule has 142 valence electrons. The Balaban J connectivity index is 1.79. The summed E-state index contributed by atoms with van der Waals surface area (Å²) in [6.07, 6.45) is 0.0128. The van der Waals surface area contributed by atoms with Crippen LogP contribution in [0.25, 0.3) is 0 Å². The lowest BCUT2D eigenvalue weighted by atomic mass is 10.2. The summed E-state index contributed by atoms with van der Waals surface area (Å²) >= 11 is 5.99. The van der Waals surface area contributed by atoms with E-state index in [1.54, 1.807) is 55.5 Å². The lowest BCUT2D eigenvalue weighted by molar-refractivity contribution is -0.123. The standard InChI is InChI=1S/C19H20ClN3O4/c1-13(11-18(24)21-15-8-4-3-7-14(15)20)22-23-19(25)12-27-17-10-6-5-9-16(17)26-2/h3-10H,11-12H2,1-2H3,(H,21,24)(H,23,25)/b22-13+. The van der Waals surface area contributed by atoms with E-state index in [1.165, 1.54) is 7.11 Å². The van der Waals surface area contributed by atoms with Crippen LogP contribution in [-0.2, 0) is 9.59 Å². The molecule has 7 nitrogen and oxygen atoms in total. The van der Waals surface area contributed by atoms with Crippen LogP contribution >= 0.6 is 11.6 Å². The van der Waals surface area contributed by atoms with Crippen LogP contribution in [0.15, 0.2) is 53.6 Å². The van der Waals surface area contributed by atoms with E-state index in [-0.39, 0.29) is 18.9 Å². The molecule has 0 aliphatic heterocycles. The molecular weight excluding hydrogens is 370 g/mol. The molecule has 0 spiro atoms. The fraction of sp³-hybridized carbons (Fsp3) is 0.211. The number of para-hydroxylation sites is 3. The average molecular weight is 390 g/mol. The highest BCUT2D eigenvalue weighted by atomic mass is 35.5. The molecule has 8 heteroatoms. The first-order chi connectivity index (χ1) is 13.0. The second-order valence-corrected chi connectivity index (χ2v) is 5.93. The Morgan fingerprint density at radius 1 is 1.04 bits per heavy atom. The van der Waals surface area contributed by atoms with Gasteiger partial charge in [0, 0.05) is 5.71 Å². The van der Waals surface area contributed by atoms with E-state index in [1.807, 2.05) is 0 Å². The molecule has 2 rings (SSSR count). The fourth-order valence-electron chi connectivity index (χ4n) is 2.10. The predicted octanol–water partition coefficient (Wildman–Crippen LogP) is 3.25. The number of rotatable bonds is 8. The summed E-state index contributed by atoms with van der Waals surface area (Å²) in [5, 5.41) is 7.03. The Labute approximate surface area is 162 Å². The highest BCUT2D eigenvalue weighted by molar-refractivity contribution is 6.33. The number of carbonyl (C=O) groups is 2. The van der Waals surface area contributed by atoms with Gasteiger partial charge in [0.25, 0.3) is 5.91 Å². The molecule has 2 N–H and O–H groups in total. The van der Waals surface area contributed by atoms with Gasteiger partial charge in [0.15, 0.2) is 18.1 Å². The van der Waals surface area contributed by atoms with Gasteiger partial charge in [-0.3, -0.25) is 9.59 Å². The van der Waals surface area contributed by atoms with E-state index in [0.717, 1.165) is 0 Å². The van der Waals surface area contributed by atoms with Crippen LogP contribution in [0.1, 0.15) is 13.3 Å². The lowest BCUT2D eigenvalue weighted by Gasteiger charge is -2.09. The number of hydrazone groups is 1. The van der Waals surface area contributed by atoms with E-state index < -0.39 is 5.91 Å². The van der Waals surface area contributed by atoms with Gasteiger partial charge in [-0.2, -0.15) is 5.10 Å². The molecule has 0 unspecified atom stereocenters. The number of ether oxygens (including phenoxy) is 2. The first kappa shape index (κ1) is 20.3. The number of hydrogen-bond acceptors (Lipinski definition) is 5. The lowest BCUT2D eigenvalue weighted by Crippen LogP contribution is -2.26. The normalized spacial score (nSPS) is 10.9. The molecule has 2 aromatic carbocycles. The van der Waals surface area contributed by atoms with Gasteiger partial charge in [0.1, 0.15) is 0 Å². The van der Waals surface area contributed by atoms with E-state index in [2.05, 4.69) is 15.8 Å². The van der Waals surface area contributed by atoms with Crippen molar-refractivity contribution in [3.05, 3.63) is 53.6 Å². The number of amides is 2. The van der Waals surface area contributed by atoms with Gasteiger partial charge in [-0.1, -0.05) is 35.9 Å². The molecule has 0 fully saturated rings. The monoisotopic (exact) mass is 389 g/mol. The van der Waals surface area contributed by atoms with Crippen molar-refractivity contribution in [2.75, 3.05) is 19.0 Å². The molecule has 0 radical (unpaired) electrons. The maximum atomic E-state index is 12.0. The third-order valence-electron chi connectivity index (χ3n) is 3.36. The number of carbonyl (C=O) groups excluding carboxylic acids is 2. The minimum atomic E-state index is -0.452. The smallest absolute Gasteiger partial charge is 0.277 e. The van der Waals surface area contributed by atoms with Crippen molar-refractivity contribution in [1.82, 2.24) is 5.43 Å². The van der Waals surface area contributed by atoms with Crippen molar-refractivity contribution in [2.24, 2.45) is 5.10 Å². The van der Waals surface area contributed by atoms with Gasteiger partial charge in [-0.05, 0) is 31.2 Å². The molecule has 0 saturated carbocycles.